The average Bonchev–Trinajstić information content (AvgIpc) is 2.31. The SMILES string of the molecule is FN(Nc1ccccc1)c1ccccc1. The molecule has 3 heteroatoms. The second-order valence-corrected chi connectivity index (χ2v) is 3.09. The maximum absolute atomic E-state index is 13.5. The Kier molecular flexibility index (Phi) is 2.83. The predicted molar refractivity (Wildman–Crippen MR) is 60.1 cm³/mol. The molecule has 0 spiro atoms. The lowest BCUT2D eigenvalue weighted by atomic mass is 10.3. The quantitative estimate of drug-likeness (QED) is 0.606. The molecule has 0 amide bonds. The molecule has 0 atom stereocenters. The molecular formula is C12H11FN2. The second kappa shape index (κ2) is 4.46. The first-order valence-corrected chi connectivity index (χ1v) is 4.69. The standard InChI is InChI=1S/C12H11FN2/c13-15(12-9-5-2-6-10-12)14-11-7-3-1-4-8-11/h1-10,14H. The number of hydrazine groups is 1. The molecule has 0 saturated heterocycles. The molecule has 0 saturated carbocycles. The monoisotopic (exact) mass is 202 g/mol. The highest BCUT2D eigenvalue weighted by Gasteiger charge is 2.02. The van der Waals surface area contributed by atoms with E-state index in [9.17, 15) is 4.48 Å². The van der Waals surface area contributed by atoms with Gasteiger partial charge >= 0.3 is 0 Å². The molecule has 1 N–H and O–H groups in total. The van der Waals surface area contributed by atoms with E-state index in [2.05, 4.69) is 5.43 Å². The van der Waals surface area contributed by atoms with E-state index in [1.807, 2.05) is 24.3 Å². The van der Waals surface area contributed by atoms with E-state index < -0.39 is 0 Å². The van der Waals surface area contributed by atoms with E-state index in [1.54, 1.807) is 36.4 Å². The molecule has 2 nitrogen and oxygen atoms in total. The Morgan fingerprint density at radius 2 is 1.33 bits per heavy atom. The highest BCUT2D eigenvalue weighted by Crippen LogP contribution is 2.15. The Bertz CT molecular complexity index is 402. The van der Waals surface area contributed by atoms with Gasteiger partial charge in [0.05, 0.1) is 11.4 Å². The smallest absolute Gasteiger partial charge is 0.0930 e. The fourth-order valence-electron chi connectivity index (χ4n) is 1.25. The molecule has 2 rings (SSSR count). The minimum absolute atomic E-state index is 0.473. The normalized spacial score (nSPS) is 9.67. The maximum Gasteiger partial charge on any atom is 0.0930 e. The minimum Gasteiger partial charge on any atom is -0.270 e. The lowest BCUT2D eigenvalue weighted by Crippen LogP contribution is -2.19. The molecule has 0 radical (unpaired) electrons. The van der Waals surface area contributed by atoms with Crippen molar-refractivity contribution >= 4 is 11.4 Å². The van der Waals surface area contributed by atoms with Crippen LogP contribution in [0, 0.1) is 0 Å². The Morgan fingerprint density at radius 1 is 0.800 bits per heavy atom. The van der Waals surface area contributed by atoms with Gasteiger partial charge in [0.2, 0.25) is 0 Å². The molecule has 0 aliphatic carbocycles. The first-order valence-electron chi connectivity index (χ1n) is 4.69. The number of nitrogens with one attached hydrogen (secondary N) is 1. The van der Waals surface area contributed by atoms with Crippen LogP contribution < -0.4 is 10.7 Å². The Morgan fingerprint density at radius 3 is 1.93 bits per heavy atom. The van der Waals surface area contributed by atoms with Gasteiger partial charge in [-0.25, -0.2) is 0 Å². The highest BCUT2D eigenvalue weighted by atomic mass is 19.2. The number of para-hydroxylation sites is 2. The summed E-state index contributed by atoms with van der Waals surface area (Å²) in [5, 5.41) is 0.495. The van der Waals surface area contributed by atoms with E-state index in [1.165, 1.54) is 0 Å². The Labute approximate surface area is 87.9 Å². The summed E-state index contributed by atoms with van der Waals surface area (Å²) >= 11 is 0. The first-order chi connectivity index (χ1) is 7.36. The van der Waals surface area contributed by atoms with Crippen LogP contribution >= 0.6 is 0 Å². The summed E-state index contributed by atoms with van der Waals surface area (Å²) in [6, 6.07) is 18.0. The van der Waals surface area contributed by atoms with Crippen molar-refractivity contribution in [3.05, 3.63) is 60.7 Å². The number of benzene rings is 2. The van der Waals surface area contributed by atoms with E-state index >= 15 is 0 Å². The molecule has 2 aromatic carbocycles. The maximum atomic E-state index is 13.5. The molecular weight excluding hydrogens is 191 g/mol. The molecule has 0 aliphatic heterocycles. The van der Waals surface area contributed by atoms with Crippen molar-refractivity contribution in [2.24, 2.45) is 0 Å². The van der Waals surface area contributed by atoms with Gasteiger partial charge in [-0.2, -0.15) is 0 Å². The van der Waals surface area contributed by atoms with Crippen molar-refractivity contribution in [1.82, 2.24) is 0 Å². The van der Waals surface area contributed by atoms with Crippen molar-refractivity contribution in [2.45, 2.75) is 0 Å². The number of nitrogens with zero attached hydrogens (tertiary/aromatic N) is 1. The van der Waals surface area contributed by atoms with Gasteiger partial charge < -0.3 is 0 Å². The summed E-state index contributed by atoms with van der Waals surface area (Å²) in [4.78, 5) is 0. The van der Waals surface area contributed by atoms with Gasteiger partial charge in [0.25, 0.3) is 0 Å². The Hall–Kier alpha value is -2.03. The summed E-state index contributed by atoms with van der Waals surface area (Å²) in [6.07, 6.45) is 0. The van der Waals surface area contributed by atoms with Crippen LogP contribution in [-0.2, 0) is 0 Å². The van der Waals surface area contributed by atoms with Crippen molar-refractivity contribution in [2.75, 3.05) is 10.7 Å². The molecule has 15 heavy (non-hydrogen) atoms. The van der Waals surface area contributed by atoms with E-state index in [4.69, 9.17) is 0 Å². The lowest BCUT2D eigenvalue weighted by Gasteiger charge is -2.15. The number of hydrogen-bond acceptors (Lipinski definition) is 2. The highest BCUT2D eigenvalue weighted by molar-refractivity contribution is 5.52. The summed E-state index contributed by atoms with van der Waals surface area (Å²) in [5.74, 6) is 0. The van der Waals surface area contributed by atoms with E-state index in [0.29, 0.717) is 16.6 Å². The zero-order valence-electron chi connectivity index (χ0n) is 8.10. The summed E-state index contributed by atoms with van der Waals surface area (Å²) in [6.45, 7) is 0. The topological polar surface area (TPSA) is 15.3 Å². The number of rotatable bonds is 3. The molecule has 0 aromatic heterocycles. The molecule has 0 aliphatic rings. The summed E-state index contributed by atoms with van der Waals surface area (Å²) in [5.41, 5.74) is 3.81. The molecule has 0 fully saturated rings. The number of halogens is 1. The molecule has 0 heterocycles. The van der Waals surface area contributed by atoms with Gasteiger partial charge in [-0.05, 0) is 24.3 Å². The fraction of sp³-hybridized carbons (Fsp3) is 0. The van der Waals surface area contributed by atoms with Gasteiger partial charge in [0.1, 0.15) is 0 Å². The third-order valence-corrected chi connectivity index (χ3v) is 1.98. The average molecular weight is 202 g/mol. The zero-order valence-corrected chi connectivity index (χ0v) is 8.10. The summed E-state index contributed by atoms with van der Waals surface area (Å²) in [7, 11) is 0. The Balaban J connectivity index is 2.08. The van der Waals surface area contributed by atoms with Gasteiger partial charge in [0.15, 0.2) is 0 Å². The predicted octanol–water partition coefficient (Wildman–Crippen LogP) is 3.40. The van der Waals surface area contributed by atoms with Crippen LogP contribution in [0.1, 0.15) is 0 Å². The molecule has 0 bridgehead atoms. The zero-order chi connectivity index (χ0) is 10.5. The van der Waals surface area contributed by atoms with Crippen LogP contribution in [0.15, 0.2) is 60.7 Å². The largest absolute Gasteiger partial charge is 0.270 e. The third-order valence-electron chi connectivity index (χ3n) is 1.98. The molecule has 0 unspecified atom stereocenters. The third kappa shape index (κ3) is 2.47. The van der Waals surface area contributed by atoms with Crippen molar-refractivity contribution in [1.29, 1.82) is 0 Å². The van der Waals surface area contributed by atoms with Crippen LogP contribution in [0.5, 0.6) is 0 Å². The van der Waals surface area contributed by atoms with Gasteiger partial charge in [-0.15, -0.1) is 5.23 Å². The van der Waals surface area contributed by atoms with Crippen molar-refractivity contribution < 1.29 is 4.48 Å². The van der Waals surface area contributed by atoms with Gasteiger partial charge in [0, 0.05) is 0 Å². The fourth-order valence-corrected chi connectivity index (χ4v) is 1.25. The lowest BCUT2D eigenvalue weighted by molar-refractivity contribution is 0.472. The van der Waals surface area contributed by atoms with Crippen molar-refractivity contribution in [3.8, 4) is 0 Å². The van der Waals surface area contributed by atoms with Crippen molar-refractivity contribution in [3.63, 3.8) is 0 Å². The van der Waals surface area contributed by atoms with Gasteiger partial charge in [-0.1, -0.05) is 40.9 Å². The molecule has 2 aromatic rings. The first kappa shape index (κ1) is 9.52. The molecule has 76 valence electrons. The van der Waals surface area contributed by atoms with Crippen LogP contribution in [0.3, 0.4) is 0 Å². The van der Waals surface area contributed by atoms with E-state index in [-0.39, 0.29) is 0 Å². The minimum atomic E-state index is 0.473. The van der Waals surface area contributed by atoms with Gasteiger partial charge in [-0.3, -0.25) is 5.43 Å². The van der Waals surface area contributed by atoms with E-state index in [0.717, 1.165) is 0 Å². The van der Waals surface area contributed by atoms with Crippen LogP contribution in [0.4, 0.5) is 15.9 Å². The number of hydrogen-bond donors (Lipinski definition) is 1. The second-order valence-electron chi connectivity index (χ2n) is 3.09. The van der Waals surface area contributed by atoms with Crippen LogP contribution in [0.25, 0.3) is 0 Å². The van der Waals surface area contributed by atoms with Crippen LogP contribution in [0.2, 0.25) is 0 Å². The van der Waals surface area contributed by atoms with Crippen LogP contribution in [-0.4, -0.2) is 0 Å². The summed E-state index contributed by atoms with van der Waals surface area (Å²) < 4.78 is 13.5. The number of anilines is 2.